The highest BCUT2D eigenvalue weighted by molar-refractivity contribution is 5.81. The Hall–Kier alpha value is -1.04. The molecule has 1 aliphatic rings. The molecule has 2 unspecified atom stereocenters. The number of carbonyl (C=O) groups excluding carboxylic acids is 1. The first-order valence-corrected chi connectivity index (χ1v) is 6.41. The van der Waals surface area contributed by atoms with Gasteiger partial charge < -0.3 is 5.32 Å². The van der Waals surface area contributed by atoms with Gasteiger partial charge >= 0.3 is 0 Å². The maximum Gasteiger partial charge on any atom is 0.237 e. The van der Waals surface area contributed by atoms with Gasteiger partial charge in [-0.25, -0.2) is 0 Å². The maximum atomic E-state index is 11.8. The number of carbonyl (C=O) groups is 1. The van der Waals surface area contributed by atoms with E-state index in [4.69, 9.17) is 5.26 Å². The molecule has 0 aliphatic heterocycles. The Labute approximate surface area is 98.2 Å². The van der Waals surface area contributed by atoms with Gasteiger partial charge in [0.15, 0.2) is 0 Å². The largest absolute Gasteiger partial charge is 0.352 e. The van der Waals surface area contributed by atoms with E-state index in [-0.39, 0.29) is 11.9 Å². The lowest BCUT2D eigenvalue weighted by Crippen LogP contribution is -2.38. The van der Waals surface area contributed by atoms with Crippen molar-refractivity contribution in [3.05, 3.63) is 0 Å². The van der Waals surface area contributed by atoms with Gasteiger partial charge in [-0.15, -0.1) is 0 Å². The summed E-state index contributed by atoms with van der Waals surface area (Å²) in [6, 6.07) is 2.36. The summed E-state index contributed by atoms with van der Waals surface area (Å²) >= 11 is 0. The Bertz CT molecular complexity index is 266. The van der Waals surface area contributed by atoms with E-state index >= 15 is 0 Å². The zero-order valence-corrected chi connectivity index (χ0v) is 10.3. The second-order valence-corrected chi connectivity index (χ2v) is 4.76. The van der Waals surface area contributed by atoms with Crippen LogP contribution in [0, 0.1) is 23.2 Å². The minimum Gasteiger partial charge on any atom is -0.352 e. The molecule has 0 saturated heterocycles. The van der Waals surface area contributed by atoms with Crippen molar-refractivity contribution in [2.24, 2.45) is 11.8 Å². The van der Waals surface area contributed by atoms with Crippen molar-refractivity contribution in [3.8, 4) is 6.07 Å². The van der Waals surface area contributed by atoms with Crippen LogP contribution < -0.4 is 5.32 Å². The lowest BCUT2D eigenvalue weighted by atomic mass is 10.0. The normalized spacial score (nSPS) is 18.6. The smallest absolute Gasteiger partial charge is 0.237 e. The maximum absolute atomic E-state index is 11.8. The monoisotopic (exact) mass is 222 g/mol. The van der Waals surface area contributed by atoms with Crippen LogP contribution in [0.4, 0.5) is 0 Å². The van der Waals surface area contributed by atoms with Crippen molar-refractivity contribution in [3.63, 3.8) is 0 Å². The molecule has 1 aliphatic carbocycles. The van der Waals surface area contributed by atoms with Gasteiger partial charge in [0, 0.05) is 6.04 Å². The van der Waals surface area contributed by atoms with Gasteiger partial charge in [-0.3, -0.25) is 4.79 Å². The molecule has 1 N–H and O–H groups in total. The second-order valence-electron chi connectivity index (χ2n) is 4.76. The number of amides is 1. The SMILES string of the molecule is CCCC(C#N)C(=O)NC(CC)CC1CC1. The molecule has 1 rings (SSSR count). The summed E-state index contributed by atoms with van der Waals surface area (Å²) in [5.74, 6) is 0.284. The zero-order valence-electron chi connectivity index (χ0n) is 10.3. The fourth-order valence-electron chi connectivity index (χ4n) is 1.93. The fourth-order valence-corrected chi connectivity index (χ4v) is 1.93. The molecule has 0 bridgehead atoms. The van der Waals surface area contributed by atoms with Crippen molar-refractivity contribution < 1.29 is 4.79 Å². The Morgan fingerprint density at radius 3 is 2.62 bits per heavy atom. The van der Waals surface area contributed by atoms with Gasteiger partial charge in [0.2, 0.25) is 5.91 Å². The molecule has 0 heterocycles. The van der Waals surface area contributed by atoms with Crippen LogP contribution in [-0.4, -0.2) is 11.9 Å². The molecule has 1 fully saturated rings. The average Bonchev–Trinajstić information content (AvgIpc) is 3.08. The first-order valence-electron chi connectivity index (χ1n) is 6.41. The molecule has 3 heteroatoms. The molecular weight excluding hydrogens is 200 g/mol. The standard InChI is InChI=1S/C13H22N2O/c1-3-5-11(9-14)13(16)15-12(4-2)8-10-6-7-10/h10-12H,3-8H2,1-2H3,(H,15,16). The van der Waals surface area contributed by atoms with Crippen LogP contribution in [0.15, 0.2) is 0 Å². The first kappa shape index (κ1) is 13.0. The van der Waals surface area contributed by atoms with Crippen LogP contribution in [0.25, 0.3) is 0 Å². The third-order valence-corrected chi connectivity index (χ3v) is 3.20. The summed E-state index contributed by atoms with van der Waals surface area (Å²) in [7, 11) is 0. The molecule has 16 heavy (non-hydrogen) atoms. The van der Waals surface area contributed by atoms with Crippen molar-refractivity contribution in [2.45, 2.75) is 58.4 Å². The number of rotatable bonds is 7. The van der Waals surface area contributed by atoms with Gasteiger partial charge in [-0.05, 0) is 25.2 Å². The van der Waals surface area contributed by atoms with Crippen LogP contribution in [-0.2, 0) is 4.79 Å². The molecule has 2 atom stereocenters. The number of nitrogens with zero attached hydrogens (tertiary/aromatic N) is 1. The van der Waals surface area contributed by atoms with E-state index in [2.05, 4.69) is 18.3 Å². The quantitative estimate of drug-likeness (QED) is 0.720. The van der Waals surface area contributed by atoms with Gasteiger partial charge in [-0.1, -0.05) is 33.1 Å². The summed E-state index contributed by atoms with van der Waals surface area (Å²) in [6.45, 7) is 4.09. The number of hydrogen-bond donors (Lipinski definition) is 1. The number of nitriles is 1. The number of nitrogens with one attached hydrogen (secondary N) is 1. The van der Waals surface area contributed by atoms with Crippen molar-refractivity contribution in [1.82, 2.24) is 5.32 Å². The topological polar surface area (TPSA) is 52.9 Å². The van der Waals surface area contributed by atoms with Crippen molar-refractivity contribution in [2.75, 3.05) is 0 Å². The molecule has 0 spiro atoms. The van der Waals surface area contributed by atoms with E-state index in [0.29, 0.717) is 6.42 Å². The minimum absolute atomic E-state index is 0.0724. The number of hydrogen-bond acceptors (Lipinski definition) is 2. The molecule has 0 radical (unpaired) electrons. The Kier molecular flexibility index (Phi) is 5.31. The van der Waals surface area contributed by atoms with E-state index in [0.717, 1.165) is 25.2 Å². The third kappa shape index (κ3) is 4.22. The van der Waals surface area contributed by atoms with Gasteiger partial charge in [0.1, 0.15) is 5.92 Å². The highest BCUT2D eigenvalue weighted by Crippen LogP contribution is 2.34. The lowest BCUT2D eigenvalue weighted by molar-refractivity contribution is -0.124. The molecule has 1 saturated carbocycles. The van der Waals surface area contributed by atoms with Gasteiger partial charge in [-0.2, -0.15) is 5.26 Å². The second kappa shape index (κ2) is 6.52. The summed E-state index contributed by atoms with van der Waals surface area (Å²) in [5.41, 5.74) is 0. The fraction of sp³-hybridized carbons (Fsp3) is 0.846. The predicted molar refractivity (Wildman–Crippen MR) is 63.6 cm³/mol. The van der Waals surface area contributed by atoms with E-state index in [1.165, 1.54) is 12.8 Å². The summed E-state index contributed by atoms with van der Waals surface area (Å²) in [5, 5.41) is 11.9. The van der Waals surface area contributed by atoms with Crippen LogP contribution >= 0.6 is 0 Å². The Morgan fingerprint density at radius 2 is 2.19 bits per heavy atom. The summed E-state index contributed by atoms with van der Waals surface area (Å²) in [6.07, 6.45) is 6.22. The van der Waals surface area contributed by atoms with Gasteiger partial charge in [0.05, 0.1) is 6.07 Å². The molecule has 0 aromatic carbocycles. The molecular formula is C13H22N2O. The molecule has 3 nitrogen and oxygen atoms in total. The minimum atomic E-state index is -0.460. The van der Waals surface area contributed by atoms with Crippen molar-refractivity contribution >= 4 is 5.91 Å². The van der Waals surface area contributed by atoms with Crippen LogP contribution in [0.1, 0.15) is 52.4 Å². The molecule has 0 aromatic heterocycles. The summed E-state index contributed by atoms with van der Waals surface area (Å²) < 4.78 is 0. The summed E-state index contributed by atoms with van der Waals surface area (Å²) in [4.78, 5) is 11.8. The molecule has 90 valence electrons. The van der Waals surface area contributed by atoms with Crippen LogP contribution in [0.2, 0.25) is 0 Å². The van der Waals surface area contributed by atoms with Crippen LogP contribution in [0.3, 0.4) is 0 Å². The predicted octanol–water partition coefficient (Wildman–Crippen LogP) is 2.62. The van der Waals surface area contributed by atoms with Crippen molar-refractivity contribution in [1.29, 1.82) is 5.26 Å². The lowest BCUT2D eigenvalue weighted by Gasteiger charge is -2.18. The van der Waals surface area contributed by atoms with E-state index in [9.17, 15) is 4.79 Å². The third-order valence-electron chi connectivity index (χ3n) is 3.20. The molecule has 1 amide bonds. The first-order chi connectivity index (χ1) is 7.71. The van der Waals surface area contributed by atoms with E-state index in [1.54, 1.807) is 0 Å². The Morgan fingerprint density at radius 1 is 1.50 bits per heavy atom. The van der Waals surface area contributed by atoms with Gasteiger partial charge in [0.25, 0.3) is 0 Å². The Balaban J connectivity index is 2.36. The highest BCUT2D eigenvalue weighted by Gasteiger charge is 2.27. The van der Waals surface area contributed by atoms with Crippen LogP contribution in [0.5, 0.6) is 0 Å². The van der Waals surface area contributed by atoms with E-state index < -0.39 is 5.92 Å². The molecule has 0 aromatic rings. The highest BCUT2D eigenvalue weighted by atomic mass is 16.1. The average molecular weight is 222 g/mol. The zero-order chi connectivity index (χ0) is 12.0. The van der Waals surface area contributed by atoms with E-state index in [1.807, 2.05) is 6.92 Å².